The minimum Gasteiger partial charge on any atom is -0.404 e. The van der Waals surface area contributed by atoms with Crippen molar-refractivity contribution in [3.8, 4) is 0 Å². The lowest BCUT2D eigenvalue weighted by molar-refractivity contribution is -0.676. The molecule has 0 aliphatic carbocycles. The van der Waals surface area contributed by atoms with Crippen molar-refractivity contribution >= 4 is 45.6 Å². The Morgan fingerprint density at radius 3 is 2.65 bits per heavy atom. The predicted octanol–water partition coefficient (Wildman–Crippen LogP) is 0.734. The molecule has 4 heterocycles. The van der Waals surface area contributed by atoms with Crippen LogP contribution in [0.4, 0.5) is 11.6 Å². The number of aryl methyl sites for hydroxylation is 2. The van der Waals surface area contributed by atoms with Crippen molar-refractivity contribution in [2.75, 3.05) is 37.3 Å². The lowest BCUT2D eigenvalue weighted by atomic mass is 10.0. The van der Waals surface area contributed by atoms with Gasteiger partial charge in [0.15, 0.2) is 28.3 Å². The molecule has 0 radical (unpaired) electrons. The number of aliphatic imine (C=N–C) groups is 1. The average molecular weight is 636 g/mol. The van der Waals surface area contributed by atoms with Gasteiger partial charge in [-0.1, -0.05) is 0 Å². The molecular formula is C32H47N10O4+. The van der Waals surface area contributed by atoms with E-state index in [0.29, 0.717) is 36.9 Å². The summed E-state index contributed by atoms with van der Waals surface area (Å²) in [4.78, 5) is 19.0. The first-order chi connectivity index (χ1) is 22.3. The van der Waals surface area contributed by atoms with Crippen LogP contribution >= 0.6 is 0 Å². The molecular weight excluding hydrogens is 588 g/mol. The van der Waals surface area contributed by atoms with E-state index in [4.69, 9.17) is 21.6 Å². The number of nitrogen functional groups attached to an aromatic ring is 1. The van der Waals surface area contributed by atoms with Crippen molar-refractivity contribution in [3.05, 3.63) is 48.1 Å². The molecule has 248 valence electrons. The van der Waals surface area contributed by atoms with Crippen LogP contribution in [0.1, 0.15) is 44.5 Å². The first-order valence-corrected chi connectivity index (χ1v) is 16.0. The molecule has 4 aromatic rings. The van der Waals surface area contributed by atoms with E-state index >= 15 is 0 Å². The summed E-state index contributed by atoms with van der Waals surface area (Å²) in [5.41, 5.74) is 17.7. The number of aromatic amines is 1. The van der Waals surface area contributed by atoms with Gasteiger partial charge in [-0.2, -0.15) is 0 Å². The lowest BCUT2D eigenvalue weighted by Crippen LogP contribution is -2.47. The molecule has 0 spiro atoms. The highest BCUT2D eigenvalue weighted by Crippen LogP contribution is 2.24. The summed E-state index contributed by atoms with van der Waals surface area (Å²) in [5.74, 6) is 1.98. The van der Waals surface area contributed by atoms with Crippen molar-refractivity contribution < 1.29 is 25.0 Å². The normalized spacial score (nSPS) is 17.3. The number of nitrogens with two attached hydrogens (primary N) is 2. The summed E-state index contributed by atoms with van der Waals surface area (Å²) in [6.07, 6.45) is 3.31. The first kappa shape index (κ1) is 33.3. The number of β-amino-alcohol motifs (C(OH)–C–C–N with tert-alkyl or cyclic N) is 1. The zero-order valence-electron chi connectivity index (χ0n) is 26.5. The molecule has 1 saturated heterocycles. The molecule has 0 saturated carbocycles. The lowest BCUT2D eigenvalue weighted by Gasteiger charge is -2.33. The van der Waals surface area contributed by atoms with Crippen LogP contribution in [0.2, 0.25) is 0 Å². The van der Waals surface area contributed by atoms with Crippen LogP contribution in [0.15, 0.2) is 41.7 Å². The fourth-order valence-corrected chi connectivity index (χ4v) is 6.23. The van der Waals surface area contributed by atoms with E-state index in [0.717, 1.165) is 59.4 Å². The van der Waals surface area contributed by atoms with Crippen molar-refractivity contribution in [3.63, 3.8) is 0 Å². The van der Waals surface area contributed by atoms with Gasteiger partial charge >= 0.3 is 0 Å². The predicted molar refractivity (Wildman–Crippen MR) is 179 cm³/mol. The molecule has 1 aliphatic rings. The second kappa shape index (κ2) is 15.0. The number of nitrogens with one attached hydrogen (secondary N) is 2. The Morgan fingerprint density at radius 2 is 1.96 bits per heavy atom. The van der Waals surface area contributed by atoms with E-state index in [1.165, 1.54) is 0 Å². The third kappa shape index (κ3) is 7.16. The maximum Gasteiger partial charge on any atom is 0.277 e. The Bertz CT molecular complexity index is 1670. The van der Waals surface area contributed by atoms with E-state index in [9.17, 15) is 15.3 Å². The second-order valence-electron chi connectivity index (χ2n) is 11.7. The van der Waals surface area contributed by atoms with Crippen molar-refractivity contribution in [2.24, 2.45) is 10.7 Å². The number of nitrogens with zero attached hydrogens (tertiary/aromatic N) is 6. The number of hydrogen-bond acceptors (Lipinski definition) is 11. The van der Waals surface area contributed by atoms with Crippen LogP contribution in [0.25, 0.3) is 27.8 Å². The SMILES string of the molecule is CCn1c(CNc2nc3cc[nH]c3nc2N)[n+](CC)c2ccc(C(C=NC3CCN(C[C@H](O)[C@@H](O)[C@H](O)CCO)CC3)=CN)cc21. The fourth-order valence-electron chi connectivity index (χ4n) is 6.23. The average Bonchev–Trinajstić information content (AvgIpc) is 3.64. The molecule has 0 bridgehead atoms. The van der Waals surface area contributed by atoms with Gasteiger partial charge in [-0.25, -0.2) is 19.1 Å². The van der Waals surface area contributed by atoms with Crippen LogP contribution in [0.3, 0.4) is 0 Å². The number of anilines is 2. The van der Waals surface area contributed by atoms with E-state index < -0.39 is 18.3 Å². The van der Waals surface area contributed by atoms with E-state index in [2.05, 4.69) is 66.3 Å². The van der Waals surface area contributed by atoms with Crippen molar-refractivity contribution in [2.45, 2.75) is 77.1 Å². The summed E-state index contributed by atoms with van der Waals surface area (Å²) < 4.78 is 4.56. The number of piperidine rings is 1. The number of aliphatic hydroxyl groups is 4. The summed E-state index contributed by atoms with van der Waals surface area (Å²) in [6.45, 7) is 7.75. The Hall–Kier alpha value is -4.08. The molecule has 3 aromatic heterocycles. The third-order valence-corrected chi connectivity index (χ3v) is 8.79. The van der Waals surface area contributed by atoms with Crippen LogP contribution < -0.4 is 21.4 Å². The quantitative estimate of drug-likeness (QED) is 0.0719. The molecule has 14 nitrogen and oxygen atoms in total. The van der Waals surface area contributed by atoms with E-state index in [1.807, 2.05) is 12.3 Å². The molecule has 0 amide bonds. The molecule has 0 unspecified atom stereocenters. The Morgan fingerprint density at radius 1 is 1.17 bits per heavy atom. The third-order valence-electron chi connectivity index (χ3n) is 8.79. The highest BCUT2D eigenvalue weighted by Gasteiger charge is 2.28. The molecule has 46 heavy (non-hydrogen) atoms. The molecule has 10 N–H and O–H groups in total. The van der Waals surface area contributed by atoms with Gasteiger partial charge in [0.2, 0.25) is 0 Å². The monoisotopic (exact) mass is 635 g/mol. The van der Waals surface area contributed by atoms with Crippen LogP contribution in [0.5, 0.6) is 0 Å². The van der Waals surface area contributed by atoms with Gasteiger partial charge in [-0.15, -0.1) is 0 Å². The number of allylic oxidation sites excluding steroid dienone is 1. The zero-order chi connectivity index (χ0) is 32.8. The van der Waals surface area contributed by atoms with Crippen molar-refractivity contribution in [1.82, 2.24) is 24.4 Å². The number of rotatable bonds is 14. The summed E-state index contributed by atoms with van der Waals surface area (Å²) in [7, 11) is 0. The second-order valence-corrected chi connectivity index (χ2v) is 11.7. The van der Waals surface area contributed by atoms with E-state index in [-0.39, 0.29) is 25.6 Å². The smallest absolute Gasteiger partial charge is 0.277 e. The molecule has 1 fully saturated rings. The Balaban J connectivity index is 1.27. The number of hydrogen-bond donors (Lipinski definition) is 8. The molecule has 1 aliphatic heterocycles. The van der Waals surface area contributed by atoms with Crippen LogP contribution in [-0.2, 0) is 19.6 Å². The number of aromatic nitrogens is 5. The molecule has 3 atom stereocenters. The molecule has 5 rings (SSSR count). The largest absolute Gasteiger partial charge is 0.404 e. The number of H-pyrrole nitrogens is 1. The maximum absolute atomic E-state index is 10.3. The van der Waals surface area contributed by atoms with Gasteiger partial charge in [0.1, 0.15) is 18.2 Å². The van der Waals surface area contributed by atoms with E-state index in [1.54, 1.807) is 12.4 Å². The minimum atomic E-state index is -1.29. The molecule has 1 aromatic carbocycles. The Kier molecular flexibility index (Phi) is 10.9. The number of imidazole rings is 1. The Labute approximate surface area is 268 Å². The summed E-state index contributed by atoms with van der Waals surface area (Å²) in [5, 5.41) is 42.7. The summed E-state index contributed by atoms with van der Waals surface area (Å²) in [6, 6.07) is 8.32. The van der Waals surface area contributed by atoms with Crippen molar-refractivity contribution in [1.29, 1.82) is 0 Å². The highest BCUT2D eigenvalue weighted by molar-refractivity contribution is 6.10. The van der Waals surface area contributed by atoms with Gasteiger partial charge < -0.3 is 47.1 Å². The van der Waals surface area contributed by atoms with Gasteiger partial charge in [0.25, 0.3) is 5.82 Å². The zero-order valence-corrected chi connectivity index (χ0v) is 26.5. The van der Waals surface area contributed by atoms with Gasteiger partial charge in [-0.05, 0) is 62.9 Å². The number of benzene rings is 1. The molecule has 14 heteroatoms. The highest BCUT2D eigenvalue weighted by atomic mass is 16.4. The topological polar surface area (TPSA) is 211 Å². The standard InChI is InChI=1S/C32H47N10O4/c1-3-41-24-6-5-20(15-25(24)42(4-2)28(41)18-37-32-30(34)39-31-23(38-32)7-11-35-31)21(16-33)17-36-22-8-12-40(13-9-22)19-27(45)29(46)26(44)10-14-43/h5-7,11,15-17,22,26-27,29,43-46H,3-4,8-10,12-14,18-19,33H2,1-2H3,(H,37,38)(H3,34,35,39)/q+1/t26-,27+,29+/m1/s1. The van der Waals surface area contributed by atoms with Gasteiger partial charge in [0.05, 0.1) is 31.3 Å². The number of likely N-dealkylation sites (tertiary alicyclic amines) is 1. The van der Waals surface area contributed by atoms with Gasteiger partial charge in [0, 0.05) is 50.4 Å². The first-order valence-electron chi connectivity index (χ1n) is 16.0. The maximum atomic E-state index is 10.3. The fraction of sp³-hybridized carbons (Fsp3) is 0.500. The summed E-state index contributed by atoms with van der Waals surface area (Å²) >= 11 is 0. The van der Waals surface area contributed by atoms with Gasteiger partial charge in [-0.3, -0.25) is 4.99 Å². The number of fused-ring (bicyclic) bond motifs is 2. The number of aliphatic hydroxyl groups excluding tert-OH is 4. The van der Waals surface area contributed by atoms with Crippen LogP contribution in [-0.4, -0.2) is 102 Å². The minimum absolute atomic E-state index is 0.0252. The van der Waals surface area contributed by atoms with Crippen LogP contribution in [0, 0.1) is 0 Å².